The van der Waals surface area contributed by atoms with E-state index < -0.39 is 0 Å². The number of para-hydroxylation sites is 1. The van der Waals surface area contributed by atoms with E-state index in [9.17, 15) is 4.79 Å². The first-order valence-electron chi connectivity index (χ1n) is 12.2. The predicted octanol–water partition coefficient (Wildman–Crippen LogP) is 8.03. The fourth-order valence-corrected chi connectivity index (χ4v) is 5.46. The molecule has 0 bridgehead atoms. The van der Waals surface area contributed by atoms with Gasteiger partial charge < -0.3 is 9.67 Å². The SMILES string of the molecule is CC(=O)C=C(C)O.Cn1c2ccccc2c2cc[c-]c(-c3cc4c5c(cccc5n3)-c3ccccc3-4)c21.[Ir]. The molecule has 2 aromatic heterocycles. The van der Waals surface area contributed by atoms with Crippen LogP contribution >= 0.6 is 0 Å². The maximum absolute atomic E-state index is 10.0. The molecule has 0 aliphatic heterocycles. The number of rotatable bonds is 2. The summed E-state index contributed by atoms with van der Waals surface area (Å²) in [5.41, 5.74) is 10.6. The summed E-state index contributed by atoms with van der Waals surface area (Å²) in [6.45, 7) is 2.85. The molecule has 0 amide bonds. The molecule has 38 heavy (non-hydrogen) atoms. The second-order valence-corrected chi connectivity index (χ2v) is 9.39. The van der Waals surface area contributed by atoms with E-state index in [0.29, 0.717) is 0 Å². The van der Waals surface area contributed by atoms with Gasteiger partial charge in [-0.25, -0.2) is 0 Å². The van der Waals surface area contributed by atoms with Crippen LogP contribution in [0.2, 0.25) is 0 Å². The molecule has 1 aliphatic rings. The Morgan fingerprint density at radius 1 is 0.868 bits per heavy atom. The van der Waals surface area contributed by atoms with Gasteiger partial charge in [-0.05, 0) is 64.8 Å². The maximum Gasteiger partial charge on any atom is 0.155 e. The van der Waals surface area contributed by atoms with Crippen molar-refractivity contribution in [2.24, 2.45) is 7.05 Å². The number of carbonyl (C=O) groups is 1. The van der Waals surface area contributed by atoms with Crippen LogP contribution in [0.3, 0.4) is 0 Å². The van der Waals surface area contributed by atoms with Crippen LogP contribution in [0.15, 0.2) is 96.8 Å². The summed E-state index contributed by atoms with van der Waals surface area (Å²) in [6, 6.07) is 33.6. The molecule has 0 atom stereocenters. The van der Waals surface area contributed by atoms with Gasteiger partial charge in [-0.1, -0.05) is 66.0 Å². The minimum atomic E-state index is -0.125. The van der Waals surface area contributed by atoms with Crippen LogP contribution in [0, 0.1) is 6.07 Å². The van der Waals surface area contributed by atoms with Gasteiger partial charge in [-0.15, -0.1) is 23.8 Å². The van der Waals surface area contributed by atoms with Gasteiger partial charge in [0.2, 0.25) is 0 Å². The van der Waals surface area contributed by atoms with Crippen LogP contribution in [0.5, 0.6) is 0 Å². The third-order valence-corrected chi connectivity index (χ3v) is 6.87. The molecule has 0 fully saturated rings. The number of allylic oxidation sites excluding steroid dienone is 2. The van der Waals surface area contributed by atoms with E-state index in [1.807, 2.05) is 6.07 Å². The largest absolute Gasteiger partial charge is 0.512 e. The van der Waals surface area contributed by atoms with Gasteiger partial charge in [-0.3, -0.25) is 9.78 Å². The molecule has 0 unspecified atom stereocenters. The number of fused-ring (bicyclic) bond motifs is 6. The normalized spacial score (nSPS) is 11.7. The van der Waals surface area contributed by atoms with Crippen LogP contribution in [0.25, 0.3) is 66.2 Å². The Morgan fingerprint density at radius 3 is 2.26 bits per heavy atom. The summed E-state index contributed by atoms with van der Waals surface area (Å²) >= 11 is 0. The first-order chi connectivity index (χ1) is 17.9. The molecule has 4 nitrogen and oxygen atoms in total. The standard InChI is InChI=1S/C28H17N2.C5H8O2.Ir/c1-30-26-15-5-4-10-19(26)21-12-6-13-22(28(21)30)25-16-23-18-9-3-2-8-17(18)20-11-7-14-24(29-25)27(20)23;1-4(6)3-5(2)7;/h2-12,14-16H,1H3;3,6H,1-2H3;/q-1;;. The molecule has 1 N–H and O–H groups in total. The number of hydrogen-bond donors (Lipinski definition) is 1. The first kappa shape index (κ1) is 25.6. The Labute approximate surface area is 234 Å². The Hall–Kier alpha value is -4.05. The average Bonchev–Trinajstić information content (AvgIpc) is 3.38. The molecule has 4 aromatic carbocycles. The molecule has 5 heteroatoms. The van der Waals surface area contributed by atoms with E-state index in [1.54, 1.807) is 0 Å². The number of aliphatic hydroxyl groups excluding tert-OH is 1. The van der Waals surface area contributed by atoms with E-state index >= 15 is 0 Å². The van der Waals surface area contributed by atoms with Gasteiger partial charge in [0, 0.05) is 44.1 Å². The van der Waals surface area contributed by atoms with Crippen molar-refractivity contribution in [1.82, 2.24) is 9.55 Å². The van der Waals surface area contributed by atoms with Crippen molar-refractivity contribution in [2.45, 2.75) is 13.8 Å². The molecule has 1 radical (unpaired) electrons. The maximum atomic E-state index is 10.0. The number of aliphatic hydroxyl groups is 1. The predicted molar refractivity (Wildman–Crippen MR) is 151 cm³/mol. The summed E-state index contributed by atoms with van der Waals surface area (Å²) in [5.74, 6) is -0.0625. The Bertz CT molecular complexity index is 1900. The number of aromatic nitrogens is 2. The summed E-state index contributed by atoms with van der Waals surface area (Å²) < 4.78 is 2.27. The summed E-state index contributed by atoms with van der Waals surface area (Å²) in [4.78, 5) is 15.1. The molecule has 0 saturated heterocycles. The van der Waals surface area contributed by atoms with Crippen LogP contribution in [-0.2, 0) is 31.9 Å². The molecule has 1 aliphatic carbocycles. The van der Waals surface area contributed by atoms with Crippen LogP contribution in [0.1, 0.15) is 13.8 Å². The number of pyridine rings is 1. The smallest absolute Gasteiger partial charge is 0.155 e. The van der Waals surface area contributed by atoms with Gasteiger partial charge in [0.25, 0.3) is 0 Å². The molecule has 7 rings (SSSR count). The van der Waals surface area contributed by atoms with Crippen molar-refractivity contribution < 1.29 is 30.0 Å². The van der Waals surface area contributed by atoms with E-state index in [0.717, 1.165) is 16.8 Å². The van der Waals surface area contributed by atoms with E-state index in [4.69, 9.17) is 10.1 Å². The first-order valence-corrected chi connectivity index (χ1v) is 12.2. The Kier molecular flexibility index (Phi) is 6.75. The van der Waals surface area contributed by atoms with Gasteiger partial charge in [0.05, 0.1) is 11.3 Å². The minimum Gasteiger partial charge on any atom is -0.512 e. The summed E-state index contributed by atoms with van der Waals surface area (Å²) in [5, 5.41) is 12.1. The van der Waals surface area contributed by atoms with Crippen molar-refractivity contribution in [1.29, 1.82) is 0 Å². The quantitative estimate of drug-likeness (QED) is 0.115. The zero-order valence-corrected chi connectivity index (χ0v) is 23.6. The molecule has 6 aromatic rings. The monoisotopic (exact) mass is 674 g/mol. The van der Waals surface area contributed by atoms with Crippen LogP contribution in [-0.4, -0.2) is 20.4 Å². The van der Waals surface area contributed by atoms with Gasteiger partial charge in [0.1, 0.15) is 0 Å². The van der Waals surface area contributed by atoms with Crippen molar-refractivity contribution in [2.75, 3.05) is 0 Å². The molecule has 0 spiro atoms. The number of aryl methyl sites for hydroxylation is 1. The van der Waals surface area contributed by atoms with E-state index in [2.05, 4.69) is 96.5 Å². The van der Waals surface area contributed by atoms with Gasteiger partial charge in [0.15, 0.2) is 5.78 Å². The number of carbonyl (C=O) groups excluding carboxylic acids is 1. The number of benzene rings is 4. The summed E-state index contributed by atoms with van der Waals surface area (Å²) in [6.07, 6.45) is 1.17. The number of nitrogens with zero attached hydrogens (tertiary/aromatic N) is 2. The number of hydrogen-bond acceptors (Lipinski definition) is 3. The third kappa shape index (κ3) is 4.14. The van der Waals surface area contributed by atoms with Crippen molar-refractivity contribution >= 4 is 38.5 Å². The van der Waals surface area contributed by atoms with E-state index in [1.165, 1.54) is 69.4 Å². The Balaban J connectivity index is 0.000000329. The fraction of sp³-hybridized carbons (Fsp3) is 0.0909. The minimum absolute atomic E-state index is 0. The van der Waals surface area contributed by atoms with Crippen molar-refractivity contribution in [3.05, 3.63) is 103 Å². The van der Waals surface area contributed by atoms with Crippen LogP contribution < -0.4 is 0 Å². The fourth-order valence-electron chi connectivity index (χ4n) is 5.46. The second kappa shape index (κ2) is 10.0. The zero-order valence-electron chi connectivity index (χ0n) is 21.2. The van der Waals surface area contributed by atoms with Gasteiger partial charge >= 0.3 is 0 Å². The van der Waals surface area contributed by atoms with Crippen LogP contribution in [0.4, 0.5) is 0 Å². The van der Waals surface area contributed by atoms with Gasteiger partial charge in [-0.2, -0.15) is 0 Å². The molecule has 2 heterocycles. The molecular weight excluding hydrogens is 649 g/mol. The molecule has 189 valence electrons. The molecule has 0 saturated carbocycles. The average molecular weight is 674 g/mol. The Morgan fingerprint density at radius 2 is 1.55 bits per heavy atom. The topological polar surface area (TPSA) is 55.1 Å². The van der Waals surface area contributed by atoms with Crippen molar-refractivity contribution in [3.63, 3.8) is 0 Å². The number of ketones is 1. The molecular formula is C33H25IrN2O2-. The third-order valence-electron chi connectivity index (χ3n) is 6.87. The van der Waals surface area contributed by atoms with Crippen molar-refractivity contribution in [3.8, 4) is 33.5 Å². The summed E-state index contributed by atoms with van der Waals surface area (Å²) in [7, 11) is 2.13. The zero-order chi connectivity index (χ0) is 25.7. The second-order valence-electron chi connectivity index (χ2n) is 9.39. The van der Waals surface area contributed by atoms with E-state index in [-0.39, 0.29) is 31.6 Å².